The Morgan fingerprint density at radius 3 is 1.30 bits per heavy atom. The molecule has 0 aliphatic rings. The fraction of sp³-hybridized carbons (Fsp3) is 0.0417. The molecule has 130 valence electrons. The second-order valence-electron chi connectivity index (χ2n) is 6.14. The van der Waals surface area contributed by atoms with Crippen LogP contribution >= 0.6 is 6.89 Å². The van der Waals surface area contributed by atoms with E-state index in [1.165, 1.54) is 15.9 Å². The van der Waals surface area contributed by atoms with Gasteiger partial charge < -0.3 is 0 Å². The van der Waals surface area contributed by atoms with E-state index in [4.69, 9.17) is 0 Å². The molecule has 0 saturated carbocycles. The van der Waals surface area contributed by atoms with Gasteiger partial charge in [-0.05, 0) is 41.1 Å². The van der Waals surface area contributed by atoms with E-state index in [0.717, 1.165) is 0 Å². The van der Waals surface area contributed by atoms with Crippen molar-refractivity contribution in [2.75, 3.05) is 0 Å². The van der Waals surface area contributed by atoms with Gasteiger partial charge in [-0.3, -0.25) is 0 Å². The third-order valence-electron chi connectivity index (χ3n) is 4.50. The lowest BCUT2D eigenvalue weighted by Gasteiger charge is -2.29. The van der Waals surface area contributed by atoms with Gasteiger partial charge in [0.2, 0.25) is 0 Å². The predicted molar refractivity (Wildman–Crippen MR) is 115 cm³/mol. The van der Waals surface area contributed by atoms with E-state index in [2.05, 4.69) is 42.2 Å². The summed E-state index contributed by atoms with van der Waals surface area (Å²) in [5.74, 6) is 2.15. The molecule has 0 bridgehead atoms. The van der Waals surface area contributed by atoms with Crippen LogP contribution in [-0.2, 0) is 0 Å². The Morgan fingerprint density at radius 1 is 0.667 bits per heavy atom. The first kappa shape index (κ1) is 18.5. The van der Waals surface area contributed by atoms with Crippen LogP contribution in [-0.4, -0.2) is 5.80 Å². The summed E-state index contributed by atoms with van der Waals surface area (Å²) in [5, 5.41) is 22.3. The van der Waals surface area contributed by atoms with Crippen LogP contribution in [0.25, 0.3) is 0 Å². The van der Waals surface area contributed by atoms with Crippen molar-refractivity contribution in [1.29, 1.82) is 10.5 Å². The standard InChI is InChI=1S/C24H19N2P/c1-20(21(17-25)18-26)19-27(22-11-5-2-6-12-22,23-13-7-3-8-14-23)24-15-9-4-10-16-24/h2-16,19H,1H3. The summed E-state index contributed by atoms with van der Waals surface area (Å²) in [5.41, 5.74) is 0.868. The van der Waals surface area contributed by atoms with E-state index in [-0.39, 0.29) is 5.57 Å². The monoisotopic (exact) mass is 366 g/mol. The van der Waals surface area contributed by atoms with Gasteiger partial charge in [-0.15, -0.1) is 0 Å². The normalized spacial score (nSPS) is 10.3. The molecule has 0 spiro atoms. The van der Waals surface area contributed by atoms with Crippen molar-refractivity contribution in [2.24, 2.45) is 0 Å². The average Bonchev–Trinajstić information content (AvgIpc) is 2.75. The van der Waals surface area contributed by atoms with Crippen molar-refractivity contribution < 1.29 is 0 Å². The smallest absolute Gasteiger partial charge is 0.132 e. The average molecular weight is 366 g/mol. The second-order valence-corrected chi connectivity index (χ2v) is 9.39. The zero-order valence-corrected chi connectivity index (χ0v) is 16.0. The van der Waals surface area contributed by atoms with Crippen LogP contribution in [0.2, 0.25) is 0 Å². The van der Waals surface area contributed by atoms with Gasteiger partial charge in [-0.2, -0.15) is 10.5 Å². The zero-order valence-electron chi connectivity index (χ0n) is 15.1. The quantitative estimate of drug-likeness (QED) is 0.514. The van der Waals surface area contributed by atoms with E-state index < -0.39 is 6.89 Å². The van der Waals surface area contributed by atoms with Crippen LogP contribution in [0.15, 0.2) is 102 Å². The van der Waals surface area contributed by atoms with Gasteiger partial charge in [0.15, 0.2) is 0 Å². The summed E-state index contributed by atoms with van der Waals surface area (Å²) in [6.07, 6.45) is 0. The van der Waals surface area contributed by atoms with Crippen molar-refractivity contribution in [3.63, 3.8) is 0 Å². The Balaban J connectivity index is 2.51. The minimum Gasteiger partial charge on any atom is -0.192 e. The zero-order chi connectivity index (χ0) is 19.1. The molecule has 3 heteroatoms. The van der Waals surface area contributed by atoms with Crippen molar-refractivity contribution >= 4 is 28.6 Å². The van der Waals surface area contributed by atoms with Crippen LogP contribution < -0.4 is 15.9 Å². The van der Waals surface area contributed by atoms with Crippen LogP contribution in [0.3, 0.4) is 0 Å². The Hall–Kier alpha value is -3.32. The molecule has 0 fully saturated rings. The molecule has 3 rings (SSSR count). The Kier molecular flexibility index (Phi) is 5.73. The molecule has 0 unspecified atom stereocenters. The largest absolute Gasteiger partial charge is 0.192 e. The number of rotatable bonds is 4. The third-order valence-corrected chi connectivity index (χ3v) is 8.61. The molecule has 0 aliphatic carbocycles. The molecule has 0 aromatic heterocycles. The Labute approximate surface area is 160 Å². The van der Waals surface area contributed by atoms with Crippen LogP contribution in [0.1, 0.15) is 6.92 Å². The molecule has 0 N–H and O–H groups in total. The molecule has 3 aromatic rings. The van der Waals surface area contributed by atoms with E-state index in [1.807, 2.05) is 73.7 Å². The first-order valence-electron chi connectivity index (χ1n) is 8.65. The van der Waals surface area contributed by atoms with Crippen molar-refractivity contribution in [3.05, 3.63) is 102 Å². The van der Waals surface area contributed by atoms with Gasteiger partial charge in [-0.1, -0.05) is 91.0 Å². The Morgan fingerprint density at radius 2 is 1.00 bits per heavy atom. The van der Waals surface area contributed by atoms with Crippen molar-refractivity contribution in [3.8, 4) is 12.1 Å². The fourth-order valence-corrected chi connectivity index (χ4v) is 7.20. The first-order chi connectivity index (χ1) is 13.2. The first-order valence-corrected chi connectivity index (χ1v) is 10.5. The fourth-order valence-electron chi connectivity index (χ4n) is 3.22. The Bertz CT molecular complexity index is 964. The molecule has 27 heavy (non-hydrogen) atoms. The van der Waals surface area contributed by atoms with Crippen molar-refractivity contribution in [1.82, 2.24) is 0 Å². The predicted octanol–water partition coefficient (Wildman–Crippen LogP) is 4.15. The summed E-state index contributed by atoms with van der Waals surface area (Å²) in [6.45, 7) is -0.322. The van der Waals surface area contributed by atoms with Gasteiger partial charge in [0.25, 0.3) is 0 Å². The number of nitriles is 2. The molecular weight excluding hydrogens is 347 g/mol. The molecule has 0 saturated heterocycles. The maximum absolute atomic E-state index is 9.37. The SMILES string of the molecule is CC(C=P(c1ccccc1)(c1ccccc1)c1ccccc1)=C(C#N)C#N. The summed E-state index contributed by atoms with van der Waals surface area (Å²) < 4.78 is 0. The second kappa shape index (κ2) is 8.37. The van der Waals surface area contributed by atoms with Gasteiger partial charge >= 0.3 is 0 Å². The van der Waals surface area contributed by atoms with E-state index in [0.29, 0.717) is 5.57 Å². The van der Waals surface area contributed by atoms with E-state index in [1.54, 1.807) is 0 Å². The molecule has 0 amide bonds. The number of hydrogen-bond donors (Lipinski definition) is 0. The molecule has 0 heterocycles. The molecule has 0 atom stereocenters. The molecule has 3 aromatic carbocycles. The topological polar surface area (TPSA) is 47.6 Å². The number of allylic oxidation sites excluding steroid dienone is 2. The third kappa shape index (κ3) is 3.63. The van der Waals surface area contributed by atoms with Gasteiger partial charge in [0, 0.05) is 0 Å². The molecule has 0 aliphatic heterocycles. The maximum Gasteiger partial charge on any atom is 0.132 e. The lowest BCUT2D eigenvalue weighted by Crippen LogP contribution is -2.27. The summed E-state index contributed by atoms with van der Waals surface area (Å²) in [7, 11) is 0. The highest BCUT2D eigenvalue weighted by molar-refractivity contribution is 7.94. The molecular formula is C24H19N2P. The van der Waals surface area contributed by atoms with Crippen LogP contribution in [0.4, 0.5) is 0 Å². The highest BCUT2D eigenvalue weighted by atomic mass is 31.2. The summed E-state index contributed by atoms with van der Waals surface area (Å²) >= 11 is 0. The number of nitrogens with zero attached hydrogens (tertiary/aromatic N) is 2. The van der Waals surface area contributed by atoms with E-state index in [9.17, 15) is 10.5 Å². The summed E-state index contributed by atoms with van der Waals surface area (Å²) in [6, 6.07) is 35.1. The minimum absolute atomic E-state index is 0.155. The van der Waals surface area contributed by atoms with Crippen LogP contribution in [0, 0.1) is 22.7 Å². The lowest BCUT2D eigenvalue weighted by molar-refractivity contribution is 1.43. The lowest BCUT2D eigenvalue weighted by atomic mass is 10.2. The van der Waals surface area contributed by atoms with Crippen LogP contribution in [0.5, 0.6) is 0 Å². The van der Waals surface area contributed by atoms with Crippen molar-refractivity contribution in [2.45, 2.75) is 6.92 Å². The van der Waals surface area contributed by atoms with Gasteiger partial charge in [-0.25, -0.2) is 0 Å². The number of hydrogen-bond acceptors (Lipinski definition) is 2. The van der Waals surface area contributed by atoms with Gasteiger partial charge in [0.1, 0.15) is 17.7 Å². The number of benzene rings is 3. The molecule has 0 radical (unpaired) electrons. The molecule has 2 nitrogen and oxygen atoms in total. The summed E-state index contributed by atoms with van der Waals surface area (Å²) in [4.78, 5) is 0. The highest BCUT2D eigenvalue weighted by Crippen LogP contribution is 2.44. The maximum atomic E-state index is 9.37. The highest BCUT2D eigenvalue weighted by Gasteiger charge is 2.25. The van der Waals surface area contributed by atoms with E-state index >= 15 is 0 Å². The minimum atomic E-state index is -2.17. The van der Waals surface area contributed by atoms with Gasteiger partial charge in [0.05, 0.1) is 0 Å².